The molecule has 0 spiro atoms. The lowest BCUT2D eigenvalue weighted by Crippen LogP contribution is -2.19. The van der Waals surface area contributed by atoms with Crippen molar-refractivity contribution in [3.63, 3.8) is 0 Å². The molecule has 3 heterocycles. The molecule has 0 aliphatic carbocycles. The van der Waals surface area contributed by atoms with Crippen LogP contribution in [0.2, 0.25) is 0 Å². The molecule has 0 aliphatic heterocycles. The number of rotatable bonds is 7. The summed E-state index contributed by atoms with van der Waals surface area (Å²) < 4.78 is 16.8. The highest BCUT2D eigenvalue weighted by atomic mass is 16.6. The van der Waals surface area contributed by atoms with Crippen molar-refractivity contribution < 1.29 is 18.6 Å². The predicted octanol–water partition coefficient (Wildman–Crippen LogP) is 1.96. The molecular weight excluding hydrogens is 404 g/mol. The van der Waals surface area contributed by atoms with E-state index in [0.717, 1.165) is 5.76 Å². The number of carbonyl (C=O) groups excluding carboxylic acids is 1. The van der Waals surface area contributed by atoms with Gasteiger partial charge >= 0.3 is 0 Å². The Morgan fingerprint density at radius 2 is 2.06 bits per heavy atom. The Hall–Kier alpha value is -4.48. The van der Waals surface area contributed by atoms with Gasteiger partial charge in [0, 0.05) is 5.56 Å². The van der Waals surface area contributed by atoms with Crippen LogP contribution in [0.25, 0.3) is 17.1 Å². The number of nitrogens with zero attached hydrogens (tertiary/aromatic N) is 6. The second kappa shape index (κ2) is 8.49. The van der Waals surface area contributed by atoms with Crippen molar-refractivity contribution >= 4 is 17.9 Å². The second-order valence-electron chi connectivity index (χ2n) is 6.28. The molecule has 4 rings (SSSR count). The summed E-state index contributed by atoms with van der Waals surface area (Å²) in [7, 11) is 0. The van der Waals surface area contributed by atoms with E-state index >= 15 is 0 Å². The number of hydrogen-bond acceptors (Lipinski definition) is 10. The number of amides is 1. The number of benzene rings is 1. The number of furan rings is 1. The summed E-state index contributed by atoms with van der Waals surface area (Å²) in [6.45, 7) is 4.23. The lowest BCUT2D eigenvalue weighted by Gasteiger charge is -2.07. The third-order valence-corrected chi connectivity index (χ3v) is 4.14. The van der Waals surface area contributed by atoms with Crippen LogP contribution in [0.1, 0.15) is 28.9 Å². The predicted molar refractivity (Wildman–Crippen MR) is 109 cm³/mol. The maximum atomic E-state index is 12.8. The topological polar surface area (TPSA) is 159 Å². The largest absolute Gasteiger partial charge is 0.494 e. The first-order valence-corrected chi connectivity index (χ1v) is 9.24. The van der Waals surface area contributed by atoms with Crippen LogP contribution in [-0.4, -0.2) is 44.0 Å². The highest BCUT2D eigenvalue weighted by Crippen LogP contribution is 2.28. The van der Waals surface area contributed by atoms with E-state index in [9.17, 15) is 4.79 Å². The molecule has 0 saturated carbocycles. The van der Waals surface area contributed by atoms with Crippen molar-refractivity contribution in [3.05, 3.63) is 53.6 Å². The molecule has 0 unspecified atom stereocenters. The van der Waals surface area contributed by atoms with E-state index < -0.39 is 5.91 Å². The van der Waals surface area contributed by atoms with Crippen molar-refractivity contribution in [2.24, 2.45) is 5.10 Å². The molecule has 0 aliphatic rings. The molecule has 31 heavy (non-hydrogen) atoms. The van der Waals surface area contributed by atoms with Gasteiger partial charge in [0.25, 0.3) is 5.91 Å². The lowest BCUT2D eigenvalue weighted by atomic mass is 10.1. The zero-order valence-electron chi connectivity index (χ0n) is 16.6. The summed E-state index contributed by atoms with van der Waals surface area (Å²) in [5.41, 5.74) is 9.16. The van der Waals surface area contributed by atoms with Crippen LogP contribution in [0.5, 0.6) is 5.75 Å². The van der Waals surface area contributed by atoms with Crippen molar-refractivity contribution in [2.75, 3.05) is 12.3 Å². The minimum atomic E-state index is -0.593. The van der Waals surface area contributed by atoms with Crippen molar-refractivity contribution in [3.8, 4) is 22.8 Å². The zero-order valence-corrected chi connectivity index (χ0v) is 16.6. The number of ether oxygens (including phenoxy) is 1. The first kappa shape index (κ1) is 19.8. The van der Waals surface area contributed by atoms with Crippen LogP contribution in [0.4, 0.5) is 5.82 Å². The van der Waals surface area contributed by atoms with Gasteiger partial charge in [-0.25, -0.2) is 10.1 Å². The number of aryl methyl sites for hydroxylation is 1. The number of aromatic nitrogens is 5. The molecule has 0 atom stereocenters. The Morgan fingerprint density at radius 3 is 2.71 bits per heavy atom. The van der Waals surface area contributed by atoms with Gasteiger partial charge < -0.3 is 14.9 Å². The minimum Gasteiger partial charge on any atom is -0.494 e. The summed E-state index contributed by atoms with van der Waals surface area (Å²) >= 11 is 0. The highest BCUT2D eigenvalue weighted by Gasteiger charge is 2.25. The second-order valence-corrected chi connectivity index (χ2v) is 6.28. The Kier molecular flexibility index (Phi) is 5.43. The van der Waals surface area contributed by atoms with Gasteiger partial charge in [0.15, 0.2) is 5.69 Å². The van der Waals surface area contributed by atoms with Crippen molar-refractivity contribution in [1.82, 2.24) is 30.7 Å². The monoisotopic (exact) mass is 422 g/mol. The Bertz CT molecular complexity index is 1220. The van der Waals surface area contributed by atoms with Crippen LogP contribution in [0.3, 0.4) is 0 Å². The molecule has 4 aromatic rings. The summed E-state index contributed by atoms with van der Waals surface area (Å²) in [5, 5.41) is 19.2. The smallest absolute Gasteiger partial charge is 0.294 e. The molecule has 12 nitrogen and oxygen atoms in total. The molecule has 0 bridgehead atoms. The van der Waals surface area contributed by atoms with Gasteiger partial charge in [-0.1, -0.05) is 5.21 Å². The van der Waals surface area contributed by atoms with Gasteiger partial charge in [-0.15, -0.1) is 5.10 Å². The number of carbonyl (C=O) groups is 1. The maximum Gasteiger partial charge on any atom is 0.294 e. The number of nitrogens with two attached hydrogens (primary N) is 1. The third kappa shape index (κ3) is 4.12. The number of nitrogens with one attached hydrogen (secondary N) is 1. The number of hydrogen-bond donors (Lipinski definition) is 2. The fraction of sp³-hybridized carbons (Fsp3) is 0.158. The van der Waals surface area contributed by atoms with E-state index in [0.29, 0.717) is 29.4 Å². The average molecular weight is 422 g/mol. The fourth-order valence-electron chi connectivity index (χ4n) is 2.79. The quantitative estimate of drug-likeness (QED) is 0.335. The van der Waals surface area contributed by atoms with Gasteiger partial charge in [0.1, 0.15) is 23.0 Å². The molecule has 3 N–H and O–H groups in total. The third-order valence-electron chi connectivity index (χ3n) is 4.14. The van der Waals surface area contributed by atoms with Gasteiger partial charge in [-0.2, -0.15) is 9.78 Å². The standard InChI is InChI=1S/C19H18N8O4/c1-3-29-13-8-5-12(6-9-13)16-15(22-26-27(16)18-17(20)24-31-25-18)19(28)23-21-10-14-7-4-11(2)30-14/h4-10H,3H2,1-2H3,(H2,20,24)(H,23,28)/b21-10+. The molecular formula is C19H18N8O4. The van der Waals surface area contributed by atoms with Crippen molar-refractivity contribution in [1.29, 1.82) is 0 Å². The van der Waals surface area contributed by atoms with E-state index in [1.165, 1.54) is 10.9 Å². The normalized spacial score (nSPS) is 11.2. The Balaban J connectivity index is 1.68. The summed E-state index contributed by atoms with van der Waals surface area (Å²) in [4.78, 5) is 12.8. The van der Waals surface area contributed by atoms with Crippen LogP contribution < -0.4 is 15.9 Å². The van der Waals surface area contributed by atoms with Gasteiger partial charge in [0.2, 0.25) is 11.6 Å². The summed E-state index contributed by atoms with van der Waals surface area (Å²) in [6, 6.07) is 10.6. The van der Waals surface area contributed by atoms with Crippen LogP contribution >= 0.6 is 0 Å². The van der Waals surface area contributed by atoms with Gasteiger partial charge in [-0.3, -0.25) is 4.79 Å². The number of hydrazone groups is 1. The first-order chi connectivity index (χ1) is 15.1. The average Bonchev–Trinajstić information content (AvgIpc) is 3.48. The molecule has 1 amide bonds. The molecule has 0 radical (unpaired) electrons. The SMILES string of the molecule is CCOc1ccc(-c2c(C(=O)N/N=C/c3ccc(C)o3)nnn2-c2nonc2N)cc1. The Labute approximate surface area is 175 Å². The molecule has 0 fully saturated rings. The summed E-state index contributed by atoms with van der Waals surface area (Å²) in [5.74, 6) is 1.41. The molecule has 0 saturated heterocycles. The Morgan fingerprint density at radius 1 is 1.26 bits per heavy atom. The van der Waals surface area contributed by atoms with E-state index in [1.807, 2.05) is 13.8 Å². The lowest BCUT2D eigenvalue weighted by molar-refractivity contribution is 0.0950. The number of anilines is 1. The van der Waals surface area contributed by atoms with Gasteiger partial charge in [-0.05, 0) is 60.6 Å². The number of nitrogen functional groups attached to an aromatic ring is 1. The van der Waals surface area contributed by atoms with Crippen LogP contribution in [-0.2, 0) is 0 Å². The zero-order chi connectivity index (χ0) is 21.8. The molecule has 12 heteroatoms. The molecule has 158 valence electrons. The maximum absolute atomic E-state index is 12.8. The van der Waals surface area contributed by atoms with Crippen molar-refractivity contribution in [2.45, 2.75) is 13.8 Å². The first-order valence-electron chi connectivity index (χ1n) is 9.24. The highest BCUT2D eigenvalue weighted by molar-refractivity contribution is 5.98. The molecule has 1 aromatic carbocycles. The van der Waals surface area contributed by atoms with E-state index in [2.05, 4.69) is 35.8 Å². The minimum absolute atomic E-state index is 0.000615. The van der Waals surface area contributed by atoms with E-state index in [4.69, 9.17) is 14.9 Å². The van der Waals surface area contributed by atoms with Crippen LogP contribution in [0, 0.1) is 6.92 Å². The van der Waals surface area contributed by atoms with Crippen LogP contribution in [0.15, 0.2) is 50.5 Å². The van der Waals surface area contributed by atoms with E-state index in [1.54, 1.807) is 36.4 Å². The molecule has 3 aromatic heterocycles. The fourth-order valence-corrected chi connectivity index (χ4v) is 2.79. The summed E-state index contributed by atoms with van der Waals surface area (Å²) in [6.07, 6.45) is 1.38. The van der Waals surface area contributed by atoms with E-state index in [-0.39, 0.29) is 17.3 Å². The van der Waals surface area contributed by atoms with Gasteiger partial charge in [0.05, 0.1) is 12.8 Å².